The summed E-state index contributed by atoms with van der Waals surface area (Å²) < 4.78 is 0. The molecule has 1 aromatic heterocycles. The Labute approximate surface area is 86.5 Å². The van der Waals surface area contributed by atoms with Crippen LogP contribution in [0.5, 0.6) is 0 Å². The highest BCUT2D eigenvalue weighted by atomic mass is 35.5. The third-order valence-corrected chi connectivity index (χ3v) is 2.50. The van der Waals surface area contributed by atoms with Crippen LogP contribution in [-0.2, 0) is 6.42 Å². The van der Waals surface area contributed by atoms with Crippen molar-refractivity contribution in [2.24, 2.45) is 0 Å². The van der Waals surface area contributed by atoms with Crippen LogP contribution in [0.25, 0.3) is 10.9 Å². The minimum atomic E-state index is -0.0117. The van der Waals surface area contributed by atoms with E-state index in [9.17, 15) is 4.79 Å². The molecule has 2 aromatic rings. The number of hydrogen-bond acceptors (Lipinski definition) is 1. The number of nitrogens with one attached hydrogen (secondary N) is 1. The Morgan fingerprint density at radius 1 is 1.36 bits per heavy atom. The zero-order valence-electron chi connectivity index (χ0n) is 7.80. The summed E-state index contributed by atoms with van der Waals surface area (Å²) in [4.78, 5) is 14.3. The van der Waals surface area contributed by atoms with Gasteiger partial charge in [0.05, 0.1) is 0 Å². The van der Waals surface area contributed by atoms with Gasteiger partial charge < -0.3 is 4.98 Å². The average Bonchev–Trinajstić information content (AvgIpc) is 2.17. The van der Waals surface area contributed by atoms with Crippen molar-refractivity contribution in [2.75, 3.05) is 0 Å². The molecule has 72 valence electrons. The summed E-state index contributed by atoms with van der Waals surface area (Å²) in [6, 6.07) is 7.33. The largest absolute Gasteiger partial charge is 0.322 e. The lowest BCUT2D eigenvalue weighted by Gasteiger charge is -2.00. The maximum atomic E-state index is 11.5. The summed E-state index contributed by atoms with van der Waals surface area (Å²) in [6.07, 6.45) is 0.734. The highest BCUT2D eigenvalue weighted by Crippen LogP contribution is 2.17. The second-order valence-corrected chi connectivity index (χ2v) is 3.65. The molecule has 2 nitrogen and oxygen atoms in total. The van der Waals surface area contributed by atoms with Crippen LogP contribution in [0.3, 0.4) is 0 Å². The maximum absolute atomic E-state index is 11.5. The lowest BCUT2D eigenvalue weighted by molar-refractivity contribution is 1.08. The lowest BCUT2D eigenvalue weighted by atomic mass is 10.1. The fourth-order valence-corrected chi connectivity index (χ4v) is 1.67. The molecule has 0 aliphatic carbocycles. The van der Waals surface area contributed by atoms with Gasteiger partial charge in [0.1, 0.15) is 0 Å². The minimum Gasteiger partial charge on any atom is -0.322 e. The topological polar surface area (TPSA) is 32.9 Å². The van der Waals surface area contributed by atoms with Gasteiger partial charge in [-0.2, -0.15) is 0 Å². The first kappa shape index (κ1) is 9.28. The second-order valence-electron chi connectivity index (χ2n) is 3.21. The SMILES string of the molecule is CCc1cc2cc(Cl)ccc2[nH]c1=O. The van der Waals surface area contributed by atoms with E-state index in [1.807, 2.05) is 25.1 Å². The van der Waals surface area contributed by atoms with Gasteiger partial charge in [-0.15, -0.1) is 0 Å². The van der Waals surface area contributed by atoms with Crippen molar-refractivity contribution in [1.29, 1.82) is 0 Å². The molecule has 0 fully saturated rings. The van der Waals surface area contributed by atoms with Crippen molar-refractivity contribution in [2.45, 2.75) is 13.3 Å². The molecule has 0 unspecified atom stereocenters. The van der Waals surface area contributed by atoms with E-state index < -0.39 is 0 Å². The molecule has 0 saturated heterocycles. The summed E-state index contributed by atoms with van der Waals surface area (Å²) in [5, 5.41) is 1.67. The van der Waals surface area contributed by atoms with Crippen LogP contribution in [0.1, 0.15) is 12.5 Å². The Kier molecular flexibility index (Phi) is 2.30. The molecule has 1 N–H and O–H groups in total. The van der Waals surface area contributed by atoms with Gasteiger partial charge in [-0.1, -0.05) is 18.5 Å². The molecule has 0 saturated carbocycles. The van der Waals surface area contributed by atoms with Crippen LogP contribution < -0.4 is 5.56 Å². The summed E-state index contributed by atoms with van der Waals surface area (Å²) in [6.45, 7) is 1.96. The molecule has 1 heterocycles. The van der Waals surface area contributed by atoms with E-state index in [1.54, 1.807) is 6.07 Å². The number of pyridine rings is 1. The first-order valence-electron chi connectivity index (χ1n) is 4.52. The van der Waals surface area contributed by atoms with Crippen LogP contribution in [0, 0.1) is 0 Å². The van der Waals surface area contributed by atoms with E-state index >= 15 is 0 Å². The number of halogens is 1. The molecule has 3 heteroatoms. The van der Waals surface area contributed by atoms with Gasteiger partial charge in [-0.3, -0.25) is 4.79 Å². The van der Waals surface area contributed by atoms with Gasteiger partial charge in [0.2, 0.25) is 0 Å². The fourth-order valence-electron chi connectivity index (χ4n) is 1.49. The van der Waals surface area contributed by atoms with Crippen molar-refractivity contribution >= 4 is 22.5 Å². The first-order valence-corrected chi connectivity index (χ1v) is 4.90. The maximum Gasteiger partial charge on any atom is 0.251 e. The number of aromatic nitrogens is 1. The van der Waals surface area contributed by atoms with Crippen molar-refractivity contribution < 1.29 is 0 Å². The van der Waals surface area contributed by atoms with Crippen molar-refractivity contribution in [3.63, 3.8) is 0 Å². The van der Waals surface area contributed by atoms with Gasteiger partial charge in [-0.05, 0) is 36.1 Å². The zero-order valence-corrected chi connectivity index (χ0v) is 8.56. The standard InChI is InChI=1S/C11H10ClNO/c1-2-7-5-8-6-9(12)3-4-10(8)13-11(7)14/h3-6H,2H2,1H3,(H,13,14). The molecule has 1 aromatic carbocycles. The normalized spacial score (nSPS) is 10.7. The molecule has 0 bridgehead atoms. The third-order valence-electron chi connectivity index (χ3n) is 2.26. The van der Waals surface area contributed by atoms with Crippen LogP contribution in [0.15, 0.2) is 29.1 Å². The predicted octanol–water partition coefficient (Wildman–Crippen LogP) is 2.74. The number of aromatic amines is 1. The monoisotopic (exact) mass is 207 g/mol. The summed E-state index contributed by atoms with van der Waals surface area (Å²) in [5.41, 5.74) is 1.61. The molecule has 0 atom stereocenters. The predicted molar refractivity (Wildman–Crippen MR) is 59.0 cm³/mol. The number of fused-ring (bicyclic) bond motifs is 1. The average molecular weight is 208 g/mol. The molecular weight excluding hydrogens is 198 g/mol. The smallest absolute Gasteiger partial charge is 0.251 e. The molecule has 0 aliphatic rings. The third kappa shape index (κ3) is 1.53. The highest BCUT2D eigenvalue weighted by Gasteiger charge is 2.00. The number of hydrogen-bond donors (Lipinski definition) is 1. The van der Waals surface area contributed by atoms with Crippen molar-refractivity contribution in [3.05, 3.63) is 45.2 Å². The van der Waals surface area contributed by atoms with Crippen LogP contribution >= 0.6 is 11.6 Å². The van der Waals surface area contributed by atoms with Crippen molar-refractivity contribution in [1.82, 2.24) is 4.98 Å². The zero-order chi connectivity index (χ0) is 10.1. The van der Waals surface area contributed by atoms with E-state index in [1.165, 1.54) is 0 Å². The number of rotatable bonds is 1. The number of H-pyrrole nitrogens is 1. The van der Waals surface area contributed by atoms with Gasteiger partial charge in [-0.25, -0.2) is 0 Å². The number of benzene rings is 1. The van der Waals surface area contributed by atoms with E-state index in [0.29, 0.717) is 5.02 Å². The van der Waals surface area contributed by atoms with E-state index in [0.717, 1.165) is 22.9 Å². The second kappa shape index (κ2) is 3.46. The minimum absolute atomic E-state index is 0.0117. The molecule has 14 heavy (non-hydrogen) atoms. The molecule has 2 rings (SSSR count). The van der Waals surface area contributed by atoms with Gasteiger partial charge in [0.25, 0.3) is 5.56 Å². The quantitative estimate of drug-likeness (QED) is 0.767. The Balaban J connectivity index is 2.80. The Morgan fingerprint density at radius 2 is 2.14 bits per heavy atom. The van der Waals surface area contributed by atoms with Crippen LogP contribution in [-0.4, -0.2) is 4.98 Å². The first-order chi connectivity index (χ1) is 6.70. The van der Waals surface area contributed by atoms with Crippen molar-refractivity contribution in [3.8, 4) is 0 Å². The van der Waals surface area contributed by atoms with Crippen LogP contribution in [0.2, 0.25) is 5.02 Å². The lowest BCUT2D eigenvalue weighted by Crippen LogP contribution is -2.10. The molecule has 0 radical (unpaired) electrons. The summed E-state index contributed by atoms with van der Waals surface area (Å²) in [5.74, 6) is 0. The molecule has 0 spiro atoms. The number of aryl methyl sites for hydroxylation is 1. The van der Waals surface area contributed by atoms with E-state index in [2.05, 4.69) is 4.98 Å². The summed E-state index contributed by atoms with van der Waals surface area (Å²) >= 11 is 5.86. The van der Waals surface area contributed by atoms with Gasteiger partial charge in [0, 0.05) is 16.1 Å². The molecular formula is C11H10ClNO. The van der Waals surface area contributed by atoms with Gasteiger partial charge >= 0.3 is 0 Å². The van der Waals surface area contributed by atoms with E-state index in [4.69, 9.17) is 11.6 Å². The Bertz CT molecular complexity index is 530. The molecule has 0 amide bonds. The molecule has 0 aliphatic heterocycles. The van der Waals surface area contributed by atoms with Gasteiger partial charge in [0.15, 0.2) is 0 Å². The Morgan fingerprint density at radius 3 is 2.86 bits per heavy atom. The van der Waals surface area contributed by atoms with Crippen LogP contribution in [0.4, 0.5) is 0 Å². The highest BCUT2D eigenvalue weighted by molar-refractivity contribution is 6.31. The summed E-state index contributed by atoms with van der Waals surface area (Å²) in [7, 11) is 0. The Hall–Kier alpha value is -1.28. The fraction of sp³-hybridized carbons (Fsp3) is 0.182. The van der Waals surface area contributed by atoms with E-state index in [-0.39, 0.29) is 5.56 Å².